The number of fused-ring (bicyclic) bond motifs is 1. The maximum atomic E-state index is 6.31. The maximum Gasteiger partial charge on any atom is 0.0752 e. The van der Waals surface area contributed by atoms with Crippen molar-refractivity contribution in [2.24, 2.45) is 0 Å². The Balaban J connectivity index is 2.64. The zero-order valence-corrected chi connectivity index (χ0v) is 12.0. The molecule has 0 saturated heterocycles. The van der Waals surface area contributed by atoms with Gasteiger partial charge in [-0.15, -0.1) is 13.2 Å². The van der Waals surface area contributed by atoms with Crippen LogP contribution in [0.25, 0.3) is 10.9 Å². The quantitative estimate of drug-likeness (QED) is 0.741. The Bertz CT molecular complexity index is 613. The minimum atomic E-state index is 0.584. The molecule has 1 heterocycles. The van der Waals surface area contributed by atoms with Gasteiger partial charge in [-0.25, -0.2) is 0 Å². The summed E-state index contributed by atoms with van der Waals surface area (Å²) in [6.45, 7) is 8.98. The van der Waals surface area contributed by atoms with E-state index in [-0.39, 0.29) is 0 Å². The molecule has 0 N–H and O–H groups in total. The van der Waals surface area contributed by atoms with Crippen molar-refractivity contribution in [3.8, 4) is 0 Å². The first-order valence-electron chi connectivity index (χ1n) is 5.88. The molecule has 0 unspecified atom stereocenters. The molecule has 4 heteroatoms. The number of halogens is 2. The number of hydrogen-bond donors (Lipinski definition) is 0. The van der Waals surface area contributed by atoms with Gasteiger partial charge in [0, 0.05) is 35.4 Å². The molecule has 0 bridgehead atoms. The highest BCUT2D eigenvalue weighted by molar-refractivity contribution is 6.39. The molecule has 1 aromatic heterocycles. The largest absolute Gasteiger partial charge is 0.363 e. The van der Waals surface area contributed by atoms with E-state index in [4.69, 9.17) is 23.2 Å². The molecule has 0 spiro atoms. The lowest BCUT2D eigenvalue weighted by Crippen LogP contribution is -2.23. The van der Waals surface area contributed by atoms with E-state index >= 15 is 0 Å². The summed E-state index contributed by atoms with van der Waals surface area (Å²) in [5, 5.41) is 2.09. The van der Waals surface area contributed by atoms with Crippen molar-refractivity contribution < 1.29 is 0 Å². The lowest BCUT2D eigenvalue weighted by Gasteiger charge is -2.23. The Morgan fingerprint density at radius 1 is 1.16 bits per heavy atom. The van der Waals surface area contributed by atoms with Crippen molar-refractivity contribution >= 4 is 39.8 Å². The van der Waals surface area contributed by atoms with Crippen LogP contribution < -0.4 is 4.90 Å². The van der Waals surface area contributed by atoms with E-state index in [2.05, 4.69) is 23.0 Å². The third-order valence-corrected chi connectivity index (χ3v) is 3.29. The SMILES string of the molecule is C=CCN(CC=C)c1ccnc2cc(Cl)cc(Cl)c12. The molecule has 1 aromatic carbocycles. The van der Waals surface area contributed by atoms with Crippen molar-refractivity contribution in [2.45, 2.75) is 0 Å². The van der Waals surface area contributed by atoms with Gasteiger partial charge in [0.25, 0.3) is 0 Å². The van der Waals surface area contributed by atoms with E-state index in [1.54, 1.807) is 12.3 Å². The van der Waals surface area contributed by atoms with Crippen molar-refractivity contribution in [1.82, 2.24) is 4.98 Å². The van der Waals surface area contributed by atoms with Gasteiger partial charge >= 0.3 is 0 Å². The van der Waals surface area contributed by atoms with Crippen LogP contribution in [0.5, 0.6) is 0 Å². The fourth-order valence-electron chi connectivity index (χ4n) is 2.03. The highest BCUT2D eigenvalue weighted by atomic mass is 35.5. The summed E-state index contributed by atoms with van der Waals surface area (Å²) < 4.78 is 0. The van der Waals surface area contributed by atoms with Crippen LogP contribution in [0.4, 0.5) is 5.69 Å². The van der Waals surface area contributed by atoms with E-state index in [1.165, 1.54) is 0 Å². The fraction of sp³-hybridized carbons (Fsp3) is 0.133. The Kier molecular flexibility index (Phi) is 4.46. The van der Waals surface area contributed by atoms with Gasteiger partial charge in [-0.05, 0) is 18.2 Å². The van der Waals surface area contributed by atoms with Crippen LogP contribution in [-0.2, 0) is 0 Å². The van der Waals surface area contributed by atoms with Crippen molar-refractivity contribution in [3.05, 3.63) is 59.8 Å². The molecule has 2 aromatic rings. The minimum Gasteiger partial charge on any atom is -0.363 e. The summed E-state index contributed by atoms with van der Waals surface area (Å²) in [5.74, 6) is 0. The average molecular weight is 293 g/mol. The van der Waals surface area contributed by atoms with Gasteiger partial charge in [0.1, 0.15) is 0 Å². The average Bonchev–Trinajstić information content (AvgIpc) is 2.37. The second-order valence-electron chi connectivity index (χ2n) is 4.09. The number of pyridine rings is 1. The Hall–Kier alpha value is -1.51. The molecular weight excluding hydrogens is 279 g/mol. The number of aromatic nitrogens is 1. The number of anilines is 1. The smallest absolute Gasteiger partial charge is 0.0752 e. The molecule has 19 heavy (non-hydrogen) atoms. The highest BCUT2D eigenvalue weighted by Gasteiger charge is 2.12. The molecule has 0 aliphatic carbocycles. The van der Waals surface area contributed by atoms with Gasteiger partial charge < -0.3 is 4.90 Å². The highest BCUT2D eigenvalue weighted by Crippen LogP contribution is 2.34. The van der Waals surface area contributed by atoms with Crippen LogP contribution in [0.2, 0.25) is 10.0 Å². The molecule has 0 amide bonds. The predicted octanol–water partition coefficient (Wildman–Crippen LogP) is 4.72. The minimum absolute atomic E-state index is 0.584. The second kappa shape index (κ2) is 6.09. The standard InChI is InChI=1S/C15H14Cl2N2/c1-3-7-19(8-4-2)14-5-6-18-13-10-11(16)9-12(17)15(13)14/h3-6,9-10H,1-2,7-8H2. The topological polar surface area (TPSA) is 16.1 Å². The van der Waals surface area contributed by atoms with Gasteiger partial charge in [-0.3, -0.25) is 4.98 Å². The van der Waals surface area contributed by atoms with E-state index in [0.717, 1.165) is 16.6 Å². The van der Waals surface area contributed by atoms with E-state index < -0.39 is 0 Å². The predicted molar refractivity (Wildman–Crippen MR) is 84.4 cm³/mol. The summed E-state index contributed by atoms with van der Waals surface area (Å²) in [4.78, 5) is 6.45. The zero-order valence-electron chi connectivity index (χ0n) is 10.4. The fourth-order valence-corrected chi connectivity index (χ4v) is 2.61. The van der Waals surface area contributed by atoms with Crippen molar-refractivity contribution in [3.63, 3.8) is 0 Å². The molecule has 0 aliphatic heterocycles. The molecule has 2 rings (SSSR count). The number of benzene rings is 1. The normalized spacial score (nSPS) is 10.4. The lowest BCUT2D eigenvalue weighted by atomic mass is 10.1. The van der Waals surface area contributed by atoms with Crippen LogP contribution >= 0.6 is 23.2 Å². The summed E-state index contributed by atoms with van der Waals surface area (Å²) in [6, 6.07) is 5.48. The first-order valence-corrected chi connectivity index (χ1v) is 6.63. The second-order valence-corrected chi connectivity index (χ2v) is 4.94. The molecule has 98 valence electrons. The summed E-state index contributed by atoms with van der Waals surface area (Å²) in [7, 11) is 0. The first kappa shape index (κ1) is 13.9. The molecule has 0 fully saturated rings. The Labute approximate surface area is 123 Å². The molecule has 0 radical (unpaired) electrons. The summed E-state index contributed by atoms with van der Waals surface area (Å²) in [5.41, 5.74) is 1.79. The van der Waals surface area contributed by atoms with E-state index in [9.17, 15) is 0 Å². The summed E-state index contributed by atoms with van der Waals surface area (Å²) in [6.07, 6.45) is 5.45. The van der Waals surface area contributed by atoms with Gasteiger partial charge in [0.2, 0.25) is 0 Å². The monoisotopic (exact) mass is 292 g/mol. The molecule has 0 atom stereocenters. The summed E-state index contributed by atoms with van der Waals surface area (Å²) >= 11 is 12.3. The number of rotatable bonds is 5. The number of hydrogen-bond acceptors (Lipinski definition) is 2. The van der Waals surface area contributed by atoms with E-state index in [0.29, 0.717) is 23.1 Å². The van der Waals surface area contributed by atoms with Gasteiger partial charge in [0.05, 0.1) is 10.5 Å². The van der Waals surface area contributed by atoms with Crippen LogP contribution in [0, 0.1) is 0 Å². The van der Waals surface area contributed by atoms with Crippen LogP contribution in [0.3, 0.4) is 0 Å². The van der Waals surface area contributed by atoms with Gasteiger partial charge in [0.15, 0.2) is 0 Å². The van der Waals surface area contributed by atoms with Crippen LogP contribution in [0.15, 0.2) is 49.7 Å². The van der Waals surface area contributed by atoms with Crippen LogP contribution in [0.1, 0.15) is 0 Å². The lowest BCUT2D eigenvalue weighted by molar-refractivity contribution is 0.961. The molecule has 0 aliphatic rings. The zero-order chi connectivity index (χ0) is 13.8. The maximum absolute atomic E-state index is 6.31. The number of nitrogens with zero attached hydrogens (tertiary/aromatic N) is 2. The third-order valence-electron chi connectivity index (χ3n) is 2.78. The molecule has 0 saturated carbocycles. The first-order chi connectivity index (χ1) is 9.17. The van der Waals surface area contributed by atoms with Gasteiger partial charge in [-0.2, -0.15) is 0 Å². The van der Waals surface area contributed by atoms with Gasteiger partial charge in [-0.1, -0.05) is 35.4 Å². The Morgan fingerprint density at radius 3 is 2.47 bits per heavy atom. The van der Waals surface area contributed by atoms with Crippen molar-refractivity contribution in [2.75, 3.05) is 18.0 Å². The molecule has 2 nitrogen and oxygen atoms in total. The van der Waals surface area contributed by atoms with Crippen molar-refractivity contribution in [1.29, 1.82) is 0 Å². The Morgan fingerprint density at radius 2 is 1.84 bits per heavy atom. The third kappa shape index (κ3) is 2.91. The van der Waals surface area contributed by atoms with Crippen LogP contribution in [-0.4, -0.2) is 18.1 Å². The molecular formula is C15H14Cl2N2. The van der Waals surface area contributed by atoms with E-state index in [1.807, 2.05) is 24.3 Å².